The summed E-state index contributed by atoms with van der Waals surface area (Å²) in [6.07, 6.45) is 5.97. The molecule has 0 spiro atoms. The van der Waals surface area contributed by atoms with E-state index in [-0.39, 0.29) is 0 Å². The Labute approximate surface area is 126 Å². The lowest BCUT2D eigenvalue weighted by Crippen LogP contribution is -1.82. The van der Waals surface area contributed by atoms with Crippen molar-refractivity contribution >= 4 is 17.8 Å². The average Bonchev–Trinajstić information content (AvgIpc) is 2.48. The number of unbranched alkanes of at least 4 members (excludes halogenated alkanes) is 1. The van der Waals surface area contributed by atoms with Crippen LogP contribution in [0.1, 0.15) is 37.3 Å². The fraction of sp³-hybridized carbons (Fsp3) is 0.263. The lowest BCUT2D eigenvalue weighted by molar-refractivity contribution is 0.810. The highest BCUT2D eigenvalue weighted by Gasteiger charge is 2.01. The van der Waals surface area contributed by atoms with Gasteiger partial charge in [0.05, 0.1) is 0 Å². The second-order valence-electron chi connectivity index (χ2n) is 5.04. The van der Waals surface area contributed by atoms with Gasteiger partial charge in [0, 0.05) is 4.90 Å². The van der Waals surface area contributed by atoms with E-state index in [2.05, 4.69) is 74.5 Å². The maximum Gasteiger partial charge on any atom is 0.0119 e. The topological polar surface area (TPSA) is 0 Å². The van der Waals surface area contributed by atoms with Crippen molar-refractivity contribution in [2.45, 2.75) is 38.0 Å². The summed E-state index contributed by atoms with van der Waals surface area (Å²) in [6.45, 7) is 4.38. The highest BCUT2D eigenvalue weighted by atomic mass is 32.2. The van der Waals surface area contributed by atoms with E-state index in [0.717, 1.165) is 6.42 Å². The van der Waals surface area contributed by atoms with Crippen molar-refractivity contribution in [2.75, 3.05) is 0 Å². The van der Waals surface area contributed by atoms with Gasteiger partial charge in [-0.05, 0) is 48.4 Å². The zero-order valence-corrected chi connectivity index (χ0v) is 13.1. The molecule has 0 aliphatic rings. The van der Waals surface area contributed by atoms with Gasteiger partial charge in [0.15, 0.2) is 0 Å². The van der Waals surface area contributed by atoms with Gasteiger partial charge in [-0.2, -0.15) is 0 Å². The van der Waals surface area contributed by atoms with E-state index in [1.807, 2.05) is 11.8 Å². The van der Waals surface area contributed by atoms with Crippen LogP contribution in [-0.4, -0.2) is 0 Å². The molecule has 1 heteroatoms. The van der Waals surface area contributed by atoms with E-state index in [4.69, 9.17) is 0 Å². The van der Waals surface area contributed by atoms with E-state index >= 15 is 0 Å². The van der Waals surface area contributed by atoms with E-state index in [1.165, 1.54) is 33.8 Å². The van der Waals surface area contributed by atoms with Gasteiger partial charge >= 0.3 is 0 Å². The molecule has 0 bridgehead atoms. The molecule has 0 radical (unpaired) electrons. The second-order valence-corrected chi connectivity index (χ2v) is 6.24. The first kappa shape index (κ1) is 14.9. The fourth-order valence-electron chi connectivity index (χ4n) is 1.99. The third kappa shape index (κ3) is 4.90. The minimum atomic E-state index is 1.16. The van der Waals surface area contributed by atoms with Crippen LogP contribution in [0.5, 0.6) is 0 Å². The molecule has 0 saturated heterocycles. The van der Waals surface area contributed by atoms with E-state index in [0.29, 0.717) is 0 Å². The number of benzene rings is 2. The van der Waals surface area contributed by atoms with Crippen molar-refractivity contribution in [3.63, 3.8) is 0 Å². The zero-order valence-electron chi connectivity index (χ0n) is 12.3. The summed E-state index contributed by atoms with van der Waals surface area (Å²) in [5.41, 5.74) is 2.61. The van der Waals surface area contributed by atoms with Crippen LogP contribution in [0.3, 0.4) is 0 Å². The summed E-state index contributed by atoms with van der Waals surface area (Å²) >= 11 is 1.89. The first-order valence-electron chi connectivity index (χ1n) is 7.28. The molecule has 2 aromatic rings. The Kier molecular flexibility index (Phi) is 5.94. The van der Waals surface area contributed by atoms with Gasteiger partial charge < -0.3 is 0 Å². The van der Waals surface area contributed by atoms with E-state index in [1.54, 1.807) is 0 Å². The van der Waals surface area contributed by atoms with Gasteiger partial charge in [-0.1, -0.05) is 73.1 Å². The number of hydrogen-bond acceptors (Lipinski definition) is 1. The Hall–Kier alpha value is -1.47. The summed E-state index contributed by atoms with van der Waals surface area (Å²) in [7, 11) is 0. The number of hydrogen-bond donors (Lipinski definition) is 0. The van der Waals surface area contributed by atoms with Gasteiger partial charge in [-0.15, -0.1) is 0 Å². The van der Waals surface area contributed by atoms with Crippen LogP contribution in [0.4, 0.5) is 0 Å². The normalized spacial score (nSPS) is 11.6. The van der Waals surface area contributed by atoms with Crippen molar-refractivity contribution in [1.29, 1.82) is 0 Å². The number of aryl methyl sites for hydroxylation is 1. The Morgan fingerprint density at radius 3 is 2.35 bits per heavy atom. The molecule has 0 atom stereocenters. The van der Waals surface area contributed by atoms with Gasteiger partial charge in [0.25, 0.3) is 0 Å². The van der Waals surface area contributed by atoms with E-state index in [9.17, 15) is 0 Å². The molecule has 0 amide bonds. The molecule has 0 aliphatic heterocycles. The van der Waals surface area contributed by atoms with Crippen LogP contribution in [0.2, 0.25) is 0 Å². The quantitative estimate of drug-likeness (QED) is 0.559. The summed E-state index contributed by atoms with van der Waals surface area (Å²) < 4.78 is 0. The molecular weight excluding hydrogens is 260 g/mol. The van der Waals surface area contributed by atoms with Gasteiger partial charge in [-0.3, -0.25) is 0 Å². The summed E-state index contributed by atoms with van der Waals surface area (Å²) in [4.78, 5) is 2.77. The van der Waals surface area contributed by atoms with Gasteiger partial charge in [-0.25, -0.2) is 0 Å². The predicted molar refractivity (Wildman–Crippen MR) is 91.0 cm³/mol. The van der Waals surface area contributed by atoms with Crippen LogP contribution in [0.25, 0.3) is 6.08 Å². The van der Waals surface area contributed by atoms with Crippen molar-refractivity contribution in [1.82, 2.24) is 0 Å². The SMILES string of the molecule is CCCC/C(=C/c1ccc(C)cc1)Sc1ccccc1. The maximum atomic E-state index is 2.33. The predicted octanol–water partition coefficient (Wildman–Crippen LogP) is 6.32. The first-order valence-corrected chi connectivity index (χ1v) is 8.09. The standard InChI is InChI=1S/C19H22S/c1-3-4-8-19(20-18-9-6-5-7-10-18)15-17-13-11-16(2)12-14-17/h5-7,9-15H,3-4,8H2,1-2H3/b19-15-. The maximum absolute atomic E-state index is 2.33. The molecule has 0 aromatic heterocycles. The molecule has 2 rings (SSSR count). The Morgan fingerprint density at radius 1 is 1.00 bits per heavy atom. The smallest absolute Gasteiger partial charge is 0.0119 e. The van der Waals surface area contributed by atoms with Crippen LogP contribution < -0.4 is 0 Å². The zero-order chi connectivity index (χ0) is 14.2. The highest BCUT2D eigenvalue weighted by molar-refractivity contribution is 8.03. The minimum Gasteiger partial charge on any atom is -0.0945 e. The Bertz CT molecular complexity index is 538. The lowest BCUT2D eigenvalue weighted by Gasteiger charge is -2.07. The third-order valence-electron chi connectivity index (χ3n) is 3.17. The minimum absolute atomic E-state index is 1.16. The third-order valence-corrected chi connectivity index (χ3v) is 4.27. The summed E-state index contributed by atoms with van der Waals surface area (Å²) in [6, 6.07) is 19.4. The van der Waals surface area contributed by atoms with Crippen molar-refractivity contribution in [3.8, 4) is 0 Å². The van der Waals surface area contributed by atoms with Crippen molar-refractivity contribution < 1.29 is 0 Å². The molecule has 0 unspecified atom stereocenters. The van der Waals surface area contributed by atoms with Crippen LogP contribution >= 0.6 is 11.8 Å². The lowest BCUT2D eigenvalue weighted by atomic mass is 10.1. The molecule has 0 N–H and O–H groups in total. The molecule has 2 aromatic carbocycles. The molecule has 0 heterocycles. The molecule has 0 saturated carbocycles. The molecule has 0 nitrogen and oxygen atoms in total. The molecule has 104 valence electrons. The number of rotatable bonds is 6. The first-order chi connectivity index (χ1) is 9.78. The number of allylic oxidation sites excluding steroid dienone is 1. The van der Waals surface area contributed by atoms with Crippen molar-refractivity contribution in [2.24, 2.45) is 0 Å². The molecule has 0 aliphatic carbocycles. The highest BCUT2D eigenvalue weighted by Crippen LogP contribution is 2.31. The van der Waals surface area contributed by atoms with Crippen LogP contribution in [0, 0.1) is 6.92 Å². The second kappa shape index (κ2) is 7.96. The fourth-order valence-corrected chi connectivity index (χ4v) is 3.03. The Morgan fingerprint density at radius 2 is 1.70 bits per heavy atom. The largest absolute Gasteiger partial charge is 0.0945 e. The monoisotopic (exact) mass is 282 g/mol. The summed E-state index contributed by atoms with van der Waals surface area (Å²) in [5.74, 6) is 0. The molecule has 20 heavy (non-hydrogen) atoms. The van der Waals surface area contributed by atoms with Gasteiger partial charge in [0.1, 0.15) is 0 Å². The van der Waals surface area contributed by atoms with Crippen LogP contribution in [-0.2, 0) is 0 Å². The van der Waals surface area contributed by atoms with Gasteiger partial charge in [0.2, 0.25) is 0 Å². The average molecular weight is 282 g/mol. The van der Waals surface area contributed by atoms with E-state index < -0.39 is 0 Å². The van der Waals surface area contributed by atoms with Crippen molar-refractivity contribution in [3.05, 3.63) is 70.6 Å². The Balaban J connectivity index is 2.16. The molecule has 0 fully saturated rings. The number of thioether (sulfide) groups is 1. The summed E-state index contributed by atoms with van der Waals surface area (Å²) in [5, 5.41) is 0. The van der Waals surface area contributed by atoms with Crippen LogP contribution in [0.15, 0.2) is 64.4 Å². The molecular formula is C19H22S.